The van der Waals surface area contributed by atoms with E-state index in [9.17, 15) is 4.79 Å². The van der Waals surface area contributed by atoms with Crippen LogP contribution >= 0.6 is 0 Å². The minimum atomic E-state index is 0.225. The Balaban J connectivity index is 2.82. The van der Waals surface area contributed by atoms with Crippen LogP contribution in [0.2, 0.25) is 0 Å². The molecule has 0 unspecified atom stereocenters. The average Bonchev–Trinajstić information content (AvgIpc) is 2.28. The SMILES string of the molecule is CC(=O)C[C@@H](CN)Cc1ccccc1C(C)C. The molecule has 0 aliphatic carbocycles. The molecule has 1 aromatic carbocycles. The first kappa shape index (κ1) is 13.9. The van der Waals surface area contributed by atoms with Gasteiger partial charge in [0.2, 0.25) is 0 Å². The summed E-state index contributed by atoms with van der Waals surface area (Å²) in [6.45, 7) is 6.60. The highest BCUT2D eigenvalue weighted by Gasteiger charge is 2.13. The normalized spacial score (nSPS) is 12.8. The molecule has 0 amide bonds. The number of Topliss-reactive ketones (excluding diaryl/α,β-unsaturated/α-hetero) is 1. The standard InChI is InChI=1S/C15H23NO/c1-11(2)15-7-5-4-6-14(15)9-13(10-16)8-12(3)17/h4-7,11,13H,8-10,16H2,1-3H3/t13-/m1/s1. The van der Waals surface area contributed by atoms with Crippen LogP contribution in [0.1, 0.15) is 44.2 Å². The minimum Gasteiger partial charge on any atom is -0.330 e. The lowest BCUT2D eigenvalue weighted by Crippen LogP contribution is -2.20. The predicted molar refractivity (Wildman–Crippen MR) is 72.1 cm³/mol. The zero-order valence-corrected chi connectivity index (χ0v) is 11.1. The van der Waals surface area contributed by atoms with Crippen molar-refractivity contribution in [2.24, 2.45) is 11.7 Å². The molecule has 0 spiro atoms. The summed E-state index contributed by atoms with van der Waals surface area (Å²) < 4.78 is 0. The van der Waals surface area contributed by atoms with Gasteiger partial charge in [0.25, 0.3) is 0 Å². The molecule has 0 radical (unpaired) electrons. The van der Waals surface area contributed by atoms with Gasteiger partial charge in [0.15, 0.2) is 0 Å². The van der Waals surface area contributed by atoms with Gasteiger partial charge in [-0.2, -0.15) is 0 Å². The first-order valence-corrected chi connectivity index (χ1v) is 6.31. The van der Waals surface area contributed by atoms with Crippen LogP contribution in [-0.2, 0) is 11.2 Å². The van der Waals surface area contributed by atoms with Gasteiger partial charge < -0.3 is 10.5 Å². The number of benzene rings is 1. The number of hydrogen-bond donors (Lipinski definition) is 1. The van der Waals surface area contributed by atoms with Gasteiger partial charge in [-0.15, -0.1) is 0 Å². The summed E-state index contributed by atoms with van der Waals surface area (Å²) in [7, 11) is 0. The lowest BCUT2D eigenvalue weighted by atomic mass is 9.88. The molecule has 17 heavy (non-hydrogen) atoms. The third kappa shape index (κ3) is 4.31. The molecule has 0 aliphatic heterocycles. The Labute approximate surface area is 104 Å². The lowest BCUT2D eigenvalue weighted by Gasteiger charge is -2.17. The lowest BCUT2D eigenvalue weighted by molar-refractivity contribution is -0.117. The van der Waals surface area contributed by atoms with E-state index in [1.807, 2.05) is 0 Å². The van der Waals surface area contributed by atoms with Crippen molar-refractivity contribution >= 4 is 5.78 Å². The van der Waals surface area contributed by atoms with E-state index in [-0.39, 0.29) is 11.7 Å². The van der Waals surface area contributed by atoms with Crippen molar-refractivity contribution in [3.63, 3.8) is 0 Å². The first-order valence-electron chi connectivity index (χ1n) is 6.31. The Morgan fingerprint density at radius 3 is 2.47 bits per heavy atom. The van der Waals surface area contributed by atoms with Crippen molar-refractivity contribution in [2.45, 2.75) is 39.5 Å². The maximum absolute atomic E-state index is 11.2. The molecule has 94 valence electrons. The Morgan fingerprint density at radius 1 is 1.29 bits per heavy atom. The Kier molecular flexibility index (Phi) is 5.36. The first-order chi connectivity index (χ1) is 8.04. The van der Waals surface area contributed by atoms with Gasteiger partial charge in [0.1, 0.15) is 5.78 Å². The molecular formula is C15H23NO. The van der Waals surface area contributed by atoms with E-state index in [4.69, 9.17) is 5.73 Å². The van der Waals surface area contributed by atoms with Crippen LogP contribution in [0.5, 0.6) is 0 Å². The summed E-state index contributed by atoms with van der Waals surface area (Å²) in [4.78, 5) is 11.2. The van der Waals surface area contributed by atoms with Crippen molar-refractivity contribution in [3.05, 3.63) is 35.4 Å². The van der Waals surface area contributed by atoms with Gasteiger partial charge in [-0.25, -0.2) is 0 Å². The summed E-state index contributed by atoms with van der Waals surface area (Å²) in [6, 6.07) is 8.45. The second-order valence-electron chi connectivity index (χ2n) is 5.07. The molecule has 2 N–H and O–H groups in total. The van der Waals surface area contributed by atoms with Crippen LogP contribution in [0, 0.1) is 5.92 Å². The molecule has 0 aliphatic rings. The van der Waals surface area contributed by atoms with Crippen LogP contribution < -0.4 is 5.73 Å². The fraction of sp³-hybridized carbons (Fsp3) is 0.533. The summed E-state index contributed by atoms with van der Waals surface area (Å²) in [5.41, 5.74) is 8.45. The van der Waals surface area contributed by atoms with Crippen LogP contribution in [-0.4, -0.2) is 12.3 Å². The second kappa shape index (κ2) is 6.55. The van der Waals surface area contributed by atoms with Crippen LogP contribution in [0.4, 0.5) is 0 Å². The molecule has 2 heteroatoms. The van der Waals surface area contributed by atoms with Crippen molar-refractivity contribution < 1.29 is 4.79 Å². The van der Waals surface area contributed by atoms with Gasteiger partial charge in [0, 0.05) is 6.42 Å². The van der Waals surface area contributed by atoms with Crippen molar-refractivity contribution in [1.82, 2.24) is 0 Å². The van der Waals surface area contributed by atoms with E-state index in [0.717, 1.165) is 6.42 Å². The Morgan fingerprint density at radius 2 is 1.94 bits per heavy atom. The summed E-state index contributed by atoms with van der Waals surface area (Å²) in [5.74, 6) is 1.01. The van der Waals surface area contributed by atoms with Crippen molar-refractivity contribution in [3.8, 4) is 0 Å². The molecule has 0 saturated heterocycles. The third-order valence-electron chi connectivity index (χ3n) is 3.10. The van der Waals surface area contributed by atoms with E-state index in [2.05, 4.69) is 38.1 Å². The van der Waals surface area contributed by atoms with Gasteiger partial charge in [0.05, 0.1) is 0 Å². The van der Waals surface area contributed by atoms with E-state index >= 15 is 0 Å². The van der Waals surface area contributed by atoms with Crippen molar-refractivity contribution in [2.75, 3.05) is 6.54 Å². The number of nitrogens with two attached hydrogens (primary N) is 1. The number of carbonyl (C=O) groups excluding carboxylic acids is 1. The van der Waals surface area contributed by atoms with Gasteiger partial charge in [-0.1, -0.05) is 38.1 Å². The third-order valence-corrected chi connectivity index (χ3v) is 3.10. The maximum Gasteiger partial charge on any atom is 0.130 e. The van der Waals surface area contributed by atoms with Gasteiger partial charge in [-0.3, -0.25) is 0 Å². The smallest absolute Gasteiger partial charge is 0.130 e. The quantitative estimate of drug-likeness (QED) is 0.821. The molecule has 0 saturated carbocycles. The fourth-order valence-electron chi connectivity index (χ4n) is 2.24. The summed E-state index contributed by atoms with van der Waals surface area (Å²) in [6.07, 6.45) is 1.49. The molecule has 0 aromatic heterocycles. The molecule has 0 bridgehead atoms. The number of ketones is 1. The van der Waals surface area contributed by atoms with Crippen LogP contribution in [0.25, 0.3) is 0 Å². The molecule has 2 nitrogen and oxygen atoms in total. The highest BCUT2D eigenvalue weighted by atomic mass is 16.1. The predicted octanol–water partition coefficient (Wildman–Crippen LogP) is 2.91. The van der Waals surface area contributed by atoms with E-state index < -0.39 is 0 Å². The molecule has 0 heterocycles. The zero-order chi connectivity index (χ0) is 12.8. The molecule has 0 fully saturated rings. The zero-order valence-electron chi connectivity index (χ0n) is 11.1. The van der Waals surface area contributed by atoms with Crippen LogP contribution in [0.15, 0.2) is 24.3 Å². The second-order valence-corrected chi connectivity index (χ2v) is 5.07. The number of hydrogen-bond acceptors (Lipinski definition) is 2. The maximum atomic E-state index is 11.2. The van der Waals surface area contributed by atoms with E-state index in [1.54, 1.807) is 6.92 Å². The Bertz CT molecular complexity index is 371. The number of carbonyl (C=O) groups is 1. The number of rotatable bonds is 6. The topological polar surface area (TPSA) is 43.1 Å². The summed E-state index contributed by atoms with van der Waals surface area (Å²) in [5, 5.41) is 0. The monoisotopic (exact) mass is 233 g/mol. The Hall–Kier alpha value is -1.15. The molecular weight excluding hydrogens is 210 g/mol. The highest BCUT2D eigenvalue weighted by Crippen LogP contribution is 2.22. The van der Waals surface area contributed by atoms with E-state index in [0.29, 0.717) is 18.9 Å². The highest BCUT2D eigenvalue weighted by molar-refractivity contribution is 5.75. The van der Waals surface area contributed by atoms with Crippen molar-refractivity contribution in [1.29, 1.82) is 0 Å². The molecule has 1 aromatic rings. The van der Waals surface area contributed by atoms with Gasteiger partial charge >= 0.3 is 0 Å². The average molecular weight is 233 g/mol. The van der Waals surface area contributed by atoms with Crippen LogP contribution in [0.3, 0.4) is 0 Å². The molecule has 1 rings (SSSR count). The minimum absolute atomic E-state index is 0.225. The van der Waals surface area contributed by atoms with E-state index in [1.165, 1.54) is 11.1 Å². The van der Waals surface area contributed by atoms with Gasteiger partial charge in [-0.05, 0) is 42.9 Å². The fourth-order valence-corrected chi connectivity index (χ4v) is 2.24. The largest absolute Gasteiger partial charge is 0.330 e. The summed E-state index contributed by atoms with van der Waals surface area (Å²) >= 11 is 0. The molecule has 1 atom stereocenters.